The van der Waals surface area contributed by atoms with Crippen molar-refractivity contribution in [1.29, 1.82) is 0 Å². The molecule has 148 valence electrons. The Hall–Kier alpha value is -2.27. The quantitative estimate of drug-likeness (QED) is 0.592. The molecule has 5 heteroatoms. The van der Waals surface area contributed by atoms with Gasteiger partial charge in [0.05, 0.1) is 5.56 Å². The zero-order valence-electron chi connectivity index (χ0n) is 16.0. The molecule has 2 aromatic carbocycles. The van der Waals surface area contributed by atoms with Crippen LogP contribution in [0.1, 0.15) is 42.1 Å². The summed E-state index contributed by atoms with van der Waals surface area (Å²) in [5.41, 5.74) is 9.72. The maximum atomic E-state index is 13.3. The van der Waals surface area contributed by atoms with E-state index in [0.29, 0.717) is 11.8 Å². The predicted octanol–water partition coefficient (Wildman–Crippen LogP) is 5.50. The van der Waals surface area contributed by atoms with Crippen molar-refractivity contribution in [3.05, 3.63) is 70.9 Å². The van der Waals surface area contributed by atoms with Gasteiger partial charge in [-0.2, -0.15) is 13.2 Å². The predicted molar refractivity (Wildman–Crippen MR) is 106 cm³/mol. The molecule has 28 heavy (non-hydrogen) atoms. The van der Waals surface area contributed by atoms with E-state index in [2.05, 4.69) is 16.7 Å². The molecule has 4 rings (SSSR count). The highest BCUT2D eigenvalue weighted by Crippen LogP contribution is 2.38. The van der Waals surface area contributed by atoms with Gasteiger partial charge in [-0.1, -0.05) is 30.3 Å². The maximum absolute atomic E-state index is 13.3. The highest BCUT2D eigenvalue weighted by Gasteiger charge is 2.33. The minimum atomic E-state index is -4.34. The minimum absolute atomic E-state index is 0.391. The van der Waals surface area contributed by atoms with Gasteiger partial charge >= 0.3 is 6.18 Å². The van der Waals surface area contributed by atoms with Crippen molar-refractivity contribution in [1.82, 2.24) is 4.57 Å². The summed E-state index contributed by atoms with van der Waals surface area (Å²) in [7, 11) is 0. The van der Waals surface area contributed by atoms with Gasteiger partial charge in [-0.25, -0.2) is 0 Å². The fourth-order valence-electron chi connectivity index (χ4n) is 4.43. The zero-order chi connectivity index (χ0) is 19.9. The van der Waals surface area contributed by atoms with E-state index in [9.17, 15) is 13.2 Å². The van der Waals surface area contributed by atoms with Crippen molar-refractivity contribution < 1.29 is 13.2 Å². The van der Waals surface area contributed by atoms with Crippen LogP contribution >= 0.6 is 0 Å². The monoisotopic (exact) mass is 386 g/mol. The molecule has 1 aliphatic rings. The van der Waals surface area contributed by atoms with Gasteiger partial charge in [0.2, 0.25) is 0 Å². The van der Waals surface area contributed by atoms with Crippen LogP contribution < -0.4 is 5.73 Å². The molecule has 3 aromatic rings. The fourth-order valence-corrected chi connectivity index (χ4v) is 4.43. The van der Waals surface area contributed by atoms with Crippen LogP contribution in [-0.2, 0) is 32.0 Å². The number of aromatic nitrogens is 1. The van der Waals surface area contributed by atoms with E-state index in [1.54, 1.807) is 6.07 Å². The molecule has 0 fully saturated rings. The summed E-state index contributed by atoms with van der Waals surface area (Å²) in [5.74, 6) is 0. The smallest absolute Gasteiger partial charge is 0.344 e. The van der Waals surface area contributed by atoms with Crippen LogP contribution in [0.25, 0.3) is 10.9 Å². The molecule has 1 unspecified atom stereocenters. The van der Waals surface area contributed by atoms with Crippen LogP contribution in [0.4, 0.5) is 13.2 Å². The summed E-state index contributed by atoms with van der Waals surface area (Å²) in [6, 6.07) is 14.3. The Balaban J connectivity index is 1.83. The van der Waals surface area contributed by atoms with Gasteiger partial charge in [0.1, 0.15) is 0 Å². The van der Waals surface area contributed by atoms with Gasteiger partial charge < -0.3 is 10.3 Å². The van der Waals surface area contributed by atoms with Crippen LogP contribution in [0, 0.1) is 0 Å². The van der Waals surface area contributed by atoms with Gasteiger partial charge in [0.25, 0.3) is 0 Å². The van der Waals surface area contributed by atoms with Gasteiger partial charge in [-0.05, 0) is 68.4 Å². The number of aryl methyl sites for hydroxylation is 2. The lowest BCUT2D eigenvalue weighted by Crippen LogP contribution is -2.37. The maximum Gasteiger partial charge on any atom is 0.416 e. The number of alkyl halides is 3. The average Bonchev–Trinajstić information content (AvgIpc) is 2.81. The first-order valence-corrected chi connectivity index (χ1v) is 9.79. The number of halogens is 3. The molecule has 1 aromatic heterocycles. The number of hydrogen-bond donors (Lipinski definition) is 1. The Labute approximate surface area is 163 Å². The minimum Gasteiger partial charge on any atom is -0.344 e. The van der Waals surface area contributed by atoms with Gasteiger partial charge in [-0.15, -0.1) is 0 Å². The summed E-state index contributed by atoms with van der Waals surface area (Å²) >= 11 is 0. The highest BCUT2D eigenvalue weighted by atomic mass is 19.4. The summed E-state index contributed by atoms with van der Waals surface area (Å²) in [5, 5.41) is 0.705. The standard InChI is InChI=1S/C23H25F3N2/c1-22(27)12-5-8-20-19(15-22)18-14-17(23(24,25)26)9-10-21(18)28(20)13-11-16-6-3-2-4-7-16/h2-4,6-7,9-10,14H,5,8,11-13,15,27H2,1H3. The van der Waals surface area contributed by atoms with Crippen molar-refractivity contribution in [3.8, 4) is 0 Å². The number of hydrogen-bond acceptors (Lipinski definition) is 1. The highest BCUT2D eigenvalue weighted by molar-refractivity contribution is 5.86. The lowest BCUT2D eigenvalue weighted by molar-refractivity contribution is -0.137. The van der Waals surface area contributed by atoms with Crippen molar-refractivity contribution >= 4 is 10.9 Å². The number of nitrogens with two attached hydrogens (primary N) is 1. The van der Waals surface area contributed by atoms with Crippen LogP contribution in [0.5, 0.6) is 0 Å². The third-order valence-electron chi connectivity index (χ3n) is 5.82. The first-order valence-electron chi connectivity index (χ1n) is 9.79. The third kappa shape index (κ3) is 3.68. The molecule has 0 bridgehead atoms. The molecule has 1 heterocycles. The van der Waals surface area contributed by atoms with Crippen molar-refractivity contribution in [3.63, 3.8) is 0 Å². The number of fused-ring (bicyclic) bond motifs is 3. The Morgan fingerprint density at radius 2 is 1.86 bits per heavy atom. The molecular weight excluding hydrogens is 361 g/mol. The fraction of sp³-hybridized carbons (Fsp3) is 0.391. The molecule has 0 saturated heterocycles. The lowest BCUT2D eigenvalue weighted by Gasteiger charge is -2.22. The Bertz CT molecular complexity index is 984. The van der Waals surface area contributed by atoms with Crippen LogP contribution in [-0.4, -0.2) is 10.1 Å². The molecule has 0 amide bonds. The van der Waals surface area contributed by atoms with E-state index < -0.39 is 17.3 Å². The average molecular weight is 386 g/mol. The summed E-state index contributed by atoms with van der Waals surface area (Å²) in [4.78, 5) is 0. The Kier molecular flexibility index (Phi) is 4.74. The van der Waals surface area contributed by atoms with E-state index in [0.717, 1.165) is 49.0 Å². The van der Waals surface area contributed by atoms with Gasteiger partial charge in [-0.3, -0.25) is 0 Å². The molecule has 2 N–H and O–H groups in total. The van der Waals surface area contributed by atoms with Crippen LogP contribution in [0.15, 0.2) is 48.5 Å². The SMILES string of the molecule is CC1(N)CCCc2c(c3cc(C(F)(F)F)ccc3n2CCc2ccccc2)C1. The van der Waals surface area contributed by atoms with E-state index in [1.807, 2.05) is 25.1 Å². The lowest BCUT2D eigenvalue weighted by atomic mass is 9.91. The van der Waals surface area contributed by atoms with Crippen molar-refractivity contribution in [2.45, 2.75) is 57.3 Å². The van der Waals surface area contributed by atoms with E-state index in [-0.39, 0.29) is 0 Å². The van der Waals surface area contributed by atoms with Crippen LogP contribution in [0.3, 0.4) is 0 Å². The second kappa shape index (κ2) is 6.96. The summed E-state index contributed by atoms with van der Waals surface area (Å²) in [6.45, 7) is 2.76. The Morgan fingerprint density at radius 1 is 1.11 bits per heavy atom. The van der Waals surface area contributed by atoms with Crippen LogP contribution in [0.2, 0.25) is 0 Å². The normalized spacial score (nSPS) is 20.2. The first-order chi connectivity index (χ1) is 13.2. The van der Waals surface area contributed by atoms with E-state index in [4.69, 9.17) is 5.73 Å². The van der Waals surface area contributed by atoms with Gasteiger partial charge in [0.15, 0.2) is 0 Å². The van der Waals surface area contributed by atoms with Crippen molar-refractivity contribution in [2.24, 2.45) is 5.73 Å². The molecule has 1 aliphatic carbocycles. The first kappa shape index (κ1) is 19.1. The molecule has 0 radical (unpaired) electrons. The van der Waals surface area contributed by atoms with E-state index >= 15 is 0 Å². The van der Waals surface area contributed by atoms with Gasteiger partial charge in [0, 0.05) is 28.7 Å². The molecule has 1 atom stereocenters. The molecule has 0 saturated carbocycles. The summed E-state index contributed by atoms with van der Waals surface area (Å²) < 4.78 is 42.2. The Morgan fingerprint density at radius 3 is 2.57 bits per heavy atom. The number of rotatable bonds is 3. The largest absolute Gasteiger partial charge is 0.416 e. The molecule has 0 aliphatic heterocycles. The summed E-state index contributed by atoms with van der Waals surface area (Å²) in [6.07, 6.45) is -0.206. The molecular formula is C23H25F3N2. The zero-order valence-corrected chi connectivity index (χ0v) is 16.0. The molecule has 2 nitrogen and oxygen atoms in total. The second-order valence-corrected chi connectivity index (χ2v) is 8.23. The van der Waals surface area contributed by atoms with Crippen molar-refractivity contribution in [2.75, 3.05) is 0 Å². The topological polar surface area (TPSA) is 30.9 Å². The van der Waals surface area contributed by atoms with E-state index in [1.165, 1.54) is 17.7 Å². The molecule has 0 spiro atoms. The second-order valence-electron chi connectivity index (χ2n) is 8.23. The number of benzene rings is 2. The third-order valence-corrected chi connectivity index (χ3v) is 5.82. The number of nitrogens with zero attached hydrogens (tertiary/aromatic N) is 1.